The molecule has 6 nitrogen and oxygen atoms in total. The van der Waals surface area contributed by atoms with Crippen molar-refractivity contribution in [2.24, 2.45) is 5.92 Å². The van der Waals surface area contributed by atoms with Gasteiger partial charge in [0.25, 0.3) is 5.91 Å². The number of fused-ring (bicyclic) bond motifs is 1. The lowest BCUT2D eigenvalue weighted by Gasteiger charge is -2.30. The van der Waals surface area contributed by atoms with Crippen LogP contribution in [0.2, 0.25) is 0 Å². The number of hydrogen-bond donors (Lipinski definition) is 1. The van der Waals surface area contributed by atoms with Crippen molar-refractivity contribution in [1.82, 2.24) is 10.2 Å². The maximum atomic E-state index is 12.1. The summed E-state index contributed by atoms with van der Waals surface area (Å²) in [5, 5.41) is 2.67. The Hall–Kier alpha value is -2.24. The lowest BCUT2D eigenvalue weighted by Crippen LogP contribution is -2.43. The largest absolute Gasteiger partial charge is 0.454 e. The van der Waals surface area contributed by atoms with Gasteiger partial charge < -0.3 is 19.7 Å². The molecule has 118 valence electrons. The monoisotopic (exact) mass is 304 g/mol. The third-order valence-electron chi connectivity index (χ3n) is 4.17. The third-order valence-corrected chi connectivity index (χ3v) is 4.17. The Bertz CT molecular complexity index is 580. The van der Waals surface area contributed by atoms with Gasteiger partial charge in [-0.3, -0.25) is 9.59 Å². The predicted octanol–water partition coefficient (Wildman–Crippen LogP) is 1.40. The number of ether oxygens (including phenoxy) is 2. The zero-order valence-electron chi connectivity index (χ0n) is 12.6. The minimum atomic E-state index is -0.281. The Balaban J connectivity index is 1.53. The van der Waals surface area contributed by atoms with E-state index in [0.29, 0.717) is 23.0 Å². The van der Waals surface area contributed by atoms with Crippen LogP contribution in [0.15, 0.2) is 18.2 Å². The van der Waals surface area contributed by atoms with Crippen LogP contribution in [0.4, 0.5) is 0 Å². The van der Waals surface area contributed by atoms with Gasteiger partial charge in [-0.1, -0.05) is 6.92 Å². The van der Waals surface area contributed by atoms with E-state index in [1.807, 2.05) is 4.90 Å². The van der Waals surface area contributed by atoms with Crippen molar-refractivity contribution < 1.29 is 19.1 Å². The molecule has 0 bridgehead atoms. The van der Waals surface area contributed by atoms with Gasteiger partial charge in [-0.2, -0.15) is 0 Å². The minimum absolute atomic E-state index is 0.0269. The predicted molar refractivity (Wildman–Crippen MR) is 79.9 cm³/mol. The molecule has 2 aliphatic rings. The van der Waals surface area contributed by atoms with Crippen molar-refractivity contribution in [2.75, 3.05) is 26.4 Å². The van der Waals surface area contributed by atoms with Gasteiger partial charge >= 0.3 is 0 Å². The Morgan fingerprint density at radius 1 is 1.23 bits per heavy atom. The summed E-state index contributed by atoms with van der Waals surface area (Å²) in [7, 11) is 0. The SMILES string of the molecule is CC1CCN(C(=O)CNC(=O)c2ccc3c(c2)OCO3)CC1. The van der Waals surface area contributed by atoms with Gasteiger partial charge in [-0.05, 0) is 37.0 Å². The number of likely N-dealkylation sites (tertiary alicyclic amines) is 1. The van der Waals surface area contributed by atoms with Crippen LogP contribution in [0.1, 0.15) is 30.1 Å². The van der Waals surface area contributed by atoms with E-state index >= 15 is 0 Å². The Morgan fingerprint density at radius 2 is 1.95 bits per heavy atom. The highest BCUT2D eigenvalue weighted by atomic mass is 16.7. The quantitative estimate of drug-likeness (QED) is 0.916. The molecule has 1 aromatic carbocycles. The number of nitrogens with one attached hydrogen (secondary N) is 1. The number of amides is 2. The first kappa shape index (κ1) is 14.7. The standard InChI is InChI=1S/C16H20N2O4/c1-11-4-6-18(7-5-11)15(19)9-17-16(20)12-2-3-13-14(8-12)22-10-21-13/h2-3,8,11H,4-7,9-10H2,1H3,(H,17,20). The fraction of sp³-hybridized carbons (Fsp3) is 0.500. The smallest absolute Gasteiger partial charge is 0.251 e. The molecule has 0 unspecified atom stereocenters. The van der Waals surface area contributed by atoms with Crippen molar-refractivity contribution in [3.8, 4) is 11.5 Å². The normalized spacial score (nSPS) is 17.4. The summed E-state index contributed by atoms with van der Waals surface area (Å²) >= 11 is 0. The van der Waals surface area contributed by atoms with Crippen LogP contribution in [-0.4, -0.2) is 43.1 Å². The van der Waals surface area contributed by atoms with Crippen molar-refractivity contribution in [1.29, 1.82) is 0 Å². The maximum Gasteiger partial charge on any atom is 0.251 e. The summed E-state index contributed by atoms with van der Waals surface area (Å²) in [5.74, 6) is 1.56. The number of piperidine rings is 1. The molecular weight excluding hydrogens is 284 g/mol. The fourth-order valence-electron chi connectivity index (χ4n) is 2.67. The van der Waals surface area contributed by atoms with E-state index in [9.17, 15) is 9.59 Å². The second-order valence-electron chi connectivity index (χ2n) is 5.81. The molecule has 1 saturated heterocycles. The highest BCUT2D eigenvalue weighted by Gasteiger charge is 2.21. The molecule has 1 fully saturated rings. The highest BCUT2D eigenvalue weighted by Crippen LogP contribution is 2.32. The van der Waals surface area contributed by atoms with E-state index in [2.05, 4.69) is 12.2 Å². The molecule has 1 N–H and O–H groups in total. The van der Waals surface area contributed by atoms with Gasteiger partial charge in [0.15, 0.2) is 11.5 Å². The summed E-state index contributed by atoms with van der Waals surface area (Å²) in [6.45, 7) is 3.96. The second kappa shape index (κ2) is 6.25. The number of carbonyl (C=O) groups is 2. The third kappa shape index (κ3) is 3.16. The van der Waals surface area contributed by atoms with Gasteiger partial charge in [0.1, 0.15) is 0 Å². The number of hydrogen-bond acceptors (Lipinski definition) is 4. The van der Waals surface area contributed by atoms with Crippen LogP contribution < -0.4 is 14.8 Å². The summed E-state index contributed by atoms with van der Waals surface area (Å²) in [5.41, 5.74) is 0.462. The zero-order chi connectivity index (χ0) is 15.5. The molecular formula is C16H20N2O4. The first-order valence-corrected chi connectivity index (χ1v) is 7.59. The number of benzene rings is 1. The molecule has 1 aromatic rings. The molecule has 0 atom stereocenters. The number of carbonyl (C=O) groups excluding carboxylic acids is 2. The summed E-state index contributed by atoms with van der Waals surface area (Å²) in [6, 6.07) is 4.99. The lowest BCUT2D eigenvalue weighted by molar-refractivity contribution is -0.131. The number of nitrogens with zero attached hydrogens (tertiary/aromatic N) is 1. The molecule has 0 spiro atoms. The molecule has 2 amide bonds. The van der Waals surface area contributed by atoms with Gasteiger partial charge in [0.05, 0.1) is 6.54 Å². The van der Waals surface area contributed by atoms with Gasteiger partial charge in [0.2, 0.25) is 12.7 Å². The van der Waals surface area contributed by atoms with Crippen LogP contribution >= 0.6 is 0 Å². The highest BCUT2D eigenvalue weighted by molar-refractivity contribution is 5.97. The molecule has 6 heteroatoms. The zero-order valence-corrected chi connectivity index (χ0v) is 12.6. The van der Waals surface area contributed by atoms with Crippen molar-refractivity contribution in [2.45, 2.75) is 19.8 Å². The second-order valence-corrected chi connectivity index (χ2v) is 5.81. The molecule has 3 rings (SSSR count). The van der Waals surface area contributed by atoms with E-state index in [0.717, 1.165) is 25.9 Å². The summed E-state index contributed by atoms with van der Waals surface area (Å²) in [4.78, 5) is 26.0. The molecule has 0 aliphatic carbocycles. The molecule has 2 heterocycles. The van der Waals surface area contributed by atoms with Crippen molar-refractivity contribution in [3.05, 3.63) is 23.8 Å². The first-order valence-electron chi connectivity index (χ1n) is 7.59. The first-order chi connectivity index (χ1) is 10.6. The summed E-state index contributed by atoms with van der Waals surface area (Å²) in [6.07, 6.45) is 2.06. The van der Waals surface area contributed by atoms with Gasteiger partial charge in [0, 0.05) is 18.7 Å². The Labute approximate surface area is 129 Å². The Kier molecular flexibility index (Phi) is 4.18. The van der Waals surface area contributed by atoms with E-state index in [1.54, 1.807) is 18.2 Å². The molecule has 0 radical (unpaired) electrons. The molecule has 2 aliphatic heterocycles. The van der Waals surface area contributed by atoms with Gasteiger partial charge in [-0.15, -0.1) is 0 Å². The molecule has 0 aromatic heterocycles. The van der Waals surface area contributed by atoms with Crippen LogP contribution in [0.3, 0.4) is 0 Å². The van der Waals surface area contributed by atoms with Crippen LogP contribution in [0.25, 0.3) is 0 Å². The average molecular weight is 304 g/mol. The molecule has 22 heavy (non-hydrogen) atoms. The molecule has 0 saturated carbocycles. The number of rotatable bonds is 3. The summed E-state index contributed by atoms with van der Waals surface area (Å²) < 4.78 is 10.4. The van der Waals surface area contributed by atoms with E-state index in [4.69, 9.17) is 9.47 Å². The van der Waals surface area contributed by atoms with E-state index < -0.39 is 0 Å². The fourth-order valence-corrected chi connectivity index (χ4v) is 2.67. The topological polar surface area (TPSA) is 67.9 Å². The average Bonchev–Trinajstić information content (AvgIpc) is 3.00. The minimum Gasteiger partial charge on any atom is -0.454 e. The Morgan fingerprint density at radius 3 is 2.73 bits per heavy atom. The van der Waals surface area contributed by atoms with E-state index in [-0.39, 0.29) is 25.2 Å². The van der Waals surface area contributed by atoms with Crippen LogP contribution in [-0.2, 0) is 4.79 Å². The van der Waals surface area contributed by atoms with Crippen molar-refractivity contribution in [3.63, 3.8) is 0 Å². The lowest BCUT2D eigenvalue weighted by atomic mass is 9.99. The maximum absolute atomic E-state index is 12.1. The van der Waals surface area contributed by atoms with Crippen LogP contribution in [0.5, 0.6) is 11.5 Å². The van der Waals surface area contributed by atoms with Crippen molar-refractivity contribution >= 4 is 11.8 Å². The van der Waals surface area contributed by atoms with E-state index in [1.165, 1.54) is 0 Å². The van der Waals surface area contributed by atoms with Gasteiger partial charge in [-0.25, -0.2) is 0 Å². The van der Waals surface area contributed by atoms with Crippen LogP contribution in [0, 0.1) is 5.92 Å².